The van der Waals surface area contributed by atoms with Gasteiger partial charge in [0.25, 0.3) is 6.71 Å². The third kappa shape index (κ3) is 5.49. The van der Waals surface area contributed by atoms with Crippen molar-refractivity contribution in [3.8, 4) is 5.69 Å². The van der Waals surface area contributed by atoms with Crippen molar-refractivity contribution >= 4 is 116 Å². The fourth-order valence-electron chi connectivity index (χ4n) is 13.8. The van der Waals surface area contributed by atoms with E-state index in [4.69, 9.17) is 4.42 Å². The molecule has 6 heterocycles. The minimum atomic E-state index is -0.150. The van der Waals surface area contributed by atoms with E-state index in [-0.39, 0.29) is 33.9 Å². The van der Waals surface area contributed by atoms with Crippen LogP contribution in [0.5, 0.6) is 0 Å². The van der Waals surface area contributed by atoms with Gasteiger partial charge < -0.3 is 18.8 Å². The van der Waals surface area contributed by atoms with Crippen molar-refractivity contribution in [3.63, 3.8) is 0 Å². The smallest absolute Gasteiger partial charge is 0.252 e. The number of thiophene rings is 1. The summed E-state index contributed by atoms with van der Waals surface area (Å²) in [7, 11) is 0. The number of para-hydroxylation sites is 1. The van der Waals surface area contributed by atoms with Gasteiger partial charge in [-0.15, -0.1) is 11.3 Å². The Bertz CT molecular complexity index is 3920. The van der Waals surface area contributed by atoms with Crippen LogP contribution in [-0.4, -0.2) is 16.8 Å². The normalized spacial score (nSPS) is 19.7. The summed E-state index contributed by atoms with van der Waals surface area (Å²) in [6.45, 7) is 26.4. The maximum Gasteiger partial charge on any atom is 0.252 e. The first-order chi connectivity index (χ1) is 33.3. The van der Waals surface area contributed by atoms with Crippen LogP contribution in [0, 0.1) is 0 Å². The minimum absolute atomic E-state index is 0.0175. The summed E-state index contributed by atoms with van der Waals surface area (Å²) in [6, 6.07) is 50.0. The fraction of sp³-hybridized carbons (Fsp3) is 0.312. The van der Waals surface area contributed by atoms with Gasteiger partial charge in [0.1, 0.15) is 11.1 Å². The molecule has 0 radical (unpaired) electrons. The van der Waals surface area contributed by atoms with Crippen LogP contribution in [-0.2, 0) is 21.7 Å². The predicted octanol–water partition coefficient (Wildman–Crippen LogP) is 16.1. The summed E-state index contributed by atoms with van der Waals surface area (Å²) in [5.74, 6) is 0. The highest BCUT2D eigenvalue weighted by Gasteiger charge is 2.58. The van der Waals surface area contributed by atoms with Crippen LogP contribution in [0.25, 0.3) is 58.8 Å². The Morgan fingerprint density at radius 3 is 2.01 bits per heavy atom. The van der Waals surface area contributed by atoms with Gasteiger partial charge in [-0.3, -0.25) is 0 Å². The molecule has 70 heavy (non-hydrogen) atoms. The SMILES string of the molecule is CC(C)(C)c1ccc2c(c1)N(c1cccc3sc4ccccc4c13)c1cc(N3c4ccc(C(C)(C)C)cc4C4(C)CCCCC34C)cc3c1B2c1cc(C(C)(C)C)cc2c4oc5ccccc5c4n-3c12. The molecular formula is C64H62BN3OS. The van der Waals surface area contributed by atoms with Crippen LogP contribution in [0.4, 0.5) is 28.4 Å². The predicted molar refractivity (Wildman–Crippen MR) is 302 cm³/mol. The molecule has 3 aliphatic heterocycles. The molecule has 0 N–H and O–H groups in total. The average Bonchev–Trinajstić information content (AvgIpc) is 4.04. The zero-order valence-corrected chi connectivity index (χ0v) is 43.5. The van der Waals surface area contributed by atoms with Crippen LogP contribution in [0.2, 0.25) is 0 Å². The van der Waals surface area contributed by atoms with Crippen molar-refractivity contribution in [1.82, 2.24) is 4.57 Å². The zero-order valence-electron chi connectivity index (χ0n) is 42.7. The highest BCUT2D eigenvalue weighted by Crippen LogP contribution is 2.62. The maximum atomic E-state index is 7.10. The molecule has 348 valence electrons. The molecule has 0 saturated heterocycles. The number of aromatic nitrogens is 1. The lowest BCUT2D eigenvalue weighted by Gasteiger charge is -2.51. The van der Waals surface area contributed by atoms with E-state index in [0.717, 1.165) is 28.5 Å². The maximum absolute atomic E-state index is 7.10. The first kappa shape index (κ1) is 42.6. The lowest BCUT2D eigenvalue weighted by Crippen LogP contribution is -2.61. The summed E-state index contributed by atoms with van der Waals surface area (Å²) in [5.41, 5.74) is 21.3. The van der Waals surface area contributed by atoms with Crippen molar-refractivity contribution in [3.05, 3.63) is 150 Å². The number of hydrogen-bond acceptors (Lipinski definition) is 4. The van der Waals surface area contributed by atoms with E-state index < -0.39 is 0 Å². The van der Waals surface area contributed by atoms with Crippen LogP contribution in [0.1, 0.15) is 124 Å². The fourth-order valence-corrected chi connectivity index (χ4v) is 14.9. The molecule has 3 aromatic heterocycles. The van der Waals surface area contributed by atoms with E-state index in [1.807, 2.05) is 11.3 Å². The zero-order chi connectivity index (χ0) is 48.2. The summed E-state index contributed by atoms with van der Waals surface area (Å²) in [4.78, 5) is 5.53. The largest absolute Gasteiger partial charge is 0.454 e. The van der Waals surface area contributed by atoms with Crippen LogP contribution >= 0.6 is 11.3 Å². The summed E-state index contributed by atoms with van der Waals surface area (Å²) in [5, 5.41) is 4.98. The summed E-state index contributed by atoms with van der Waals surface area (Å²) < 4.78 is 12.4. The van der Waals surface area contributed by atoms with Crippen molar-refractivity contribution in [2.45, 2.75) is 129 Å². The van der Waals surface area contributed by atoms with Gasteiger partial charge in [0.15, 0.2) is 5.58 Å². The Morgan fingerprint density at radius 2 is 1.23 bits per heavy atom. The molecule has 0 bridgehead atoms. The molecule has 1 saturated carbocycles. The van der Waals surface area contributed by atoms with Crippen molar-refractivity contribution in [2.75, 3.05) is 9.80 Å². The number of benzene rings is 7. The van der Waals surface area contributed by atoms with Crippen LogP contribution in [0.15, 0.2) is 132 Å². The molecule has 4 nitrogen and oxygen atoms in total. The second-order valence-electron chi connectivity index (χ2n) is 24.9. The quantitative estimate of drug-likeness (QED) is 0.161. The molecule has 7 aromatic carbocycles. The molecule has 10 aromatic rings. The van der Waals surface area contributed by atoms with Crippen molar-refractivity contribution in [2.24, 2.45) is 0 Å². The lowest BCUT2D eigenvalue weighted by atomic mass is 9.33. The number of rotatable bonds is 2. The van der Waals surface area contributed by atoms with Gasteiger partial charge in [-0.05, 0) is 135 Å². The van der Waals surface area contributed by atoms with Gasteiger partial charge in [-0.1, -0.05) is 149 Å². The molecule has 2 unspecified atom stereocenters. The third-order valence-electron chi connectivity index (χ3n) is 17.8. The average molecular weight is 932 g/mol. The van der Waals surface area contributed by atoms with E-state index in [2.05, 4.69) is 218 Å². The standard InChI is InChI=1S/C64H62BN3OS/c1-60(2,3)37-26-28-47-44(32-37)63(10)29-16-17-30-64(63,11)68(47)40-35-50-56-51(36-40)67-57-43(59-58(67)41-19-12-14-22-52(41)69-59)31-39(62(7,8)9)33-46(57)65(56)45-27-25-38(61(4,5)6)34-49(45)66(50)48-21-18-24-54-55(48)42-20-13-15-23-53(42)70-54/h12-15,18-28,31-36H,16-17,29-30H2,1-11H3. The van der Waals surface area contributed by atoms with Gasteiger partial charge in [-0.25, -0.2) is 0 Å². The number of fused-ring (bicyclic) bond motifs is 15. The van der Waals surface area contributed by atoms with E-state index in [1.165, 1.54) is 123 Å². The van der Waals surface area contributed by atoms with Crippen molar-refractivity contribution < 1.29 is 4.42 Å². The van der Waals surface area contributed by atoms with E-state index in [9.17, 15) is 0 Å². The number of hydrogen-bond donors (Lipinski definition) is 0. The molecule has 6 heteroatoms. The second kappa shape index (κ2) is 13.8. The van der Waals surface area contributed by atoms with E-state index >= 15 is 0 Å². The second-order valence-corrected chi connectivity index (χ2v) is 26.0. The third-order valence-corrected chi connectivity index (χ3v) is 18.9. The van der Waals surface area contributed by atoms with Gasteiger partial charge in [0.05, 0.1) is 16.7 Å². The monoisotopic (exact) mass is 931 g/mol. The Morgan fingerprint density at radius 1 is 0.543 bits per heavy atom. The first-order valence-corrected chi connectivity index (χ1v) is 26.7. The van der Waals surface area contributed by atoms with E-state index in [0.29, 0.717) is 0 Å². The van der Waals surface area contributed by atoms with Gasteiger partial charge in [-0.2, -0.15) is 0 Å². The molecule has 1 aliphatic carbocycles. The molecular weight excluding hydrogens is 870 g/mol. The van der Waals surface area contributed by atoms with Crippen LogP contribution in [0.3, 0.4) is 0 Å². The number of anilines is 5. The van der Waals surface area contributed by atoms with Gasteiger partial charge in [0, 0.05) is 64.8 Å². The van der Waals surface area contributed by atoms with Crippen molar-refractivity contribution in [1.29, 1.82) is 0 Å². The van der Waals surface area contributed by atoms with Gasteiger partial charge >= 0.3 is 0 Å². The molecule has 2 atom stereocenters. The van der Waals surface area contributed by atoms with E-state index in [1.54, 1.807) is 0 Å². The minimum Gasteiger partial charge on any atom is -0.454 e. The number of nitrogens with zero attached hydrogens (tertiary/aromatic N) is 3. The Hall–Kier alpha value is -6.24. The molecule has 0 spiro atoms. The molecule has 14 rings (SSSR count). The highest BCUT2D eigenvalue weighted by molar-refractivity contribution is 7.26. The van der Waals surface area contributed by atoms with Crippen LogP contribution < -0.4 is 26.2 Å². The number of furan rings is 1. The van der Waals surface area contributed by atoms with Gasteiger partial charge in [0.2, 0.25) is 0 Å². The first-order valence-electron chi connectivity index (χ1n) is 25.8. The Kier molecular flexibility index (Phi) is 8.40. The Labute approximate surface area is 417 Å². The molecule has 4 aliphatic rings. The molecule has 1 fully saturated rings. The lowest BCUT2D eigenvalue weighted by molar-refractivity contribution is 0.195. The summed E-state index contributed by atoms with van der Waals surface area (Å²) >= 11 is 1.91. The summed E-state index contributed by atoms with van der Waals surface area (Å²) in [6.07, 6.45) is 4.76. The Balaban J connectivity index is 1.18. The highest BCUT2D eigenvalue weighted by atomic mass is 32.1. The topological polar surface area (TPSA) is 24.6 Å². The molecule has 0 amide bonds.